The van der Waals surface area contributed by atoms with E-state index < -0.39 is 0 Å². The van der Waals surface area contributed by atoms with Crippen LogP contribution in [0.2, 0.25) is 0 Å². The molecule has 0 aromatic heterocycles. The molecule has 2 rings (SSSR count). The number of nitrogens with one attached hydrogen (secondary N) is 2. The van der Waals surface area contributed by atoms with Gasteiger partial charge in [0.2, 0.25) is 0 Å². The smallest absolute Gasteiger partial charge is 0.315 e. The molecular formula is C15H21FN2O. The molecule has 4 heteroatoms. The van der Waals surface area contributed by atoms with Crippen LogP contribution in [0.15, 0.2) is 24.3 Å². The summed E-state index contributed by atoms with van der Waals surface area (Å²) < 4.78 is 13.6. The first-order chi connectivity index (χ1) is 9.16. The molecule has 0 radical (unpaired) electrons. The lowest BCUT2D eigenvalue weighted by Gasteiger charge is -2.24. The van der Waals surface area contributed by atoms with Crippen LogP contribution in [0.4, 0.5) is 9.18 Å². The Labute approximate surface area is 113 Å². The van der Waals surface area contributed by atoms with E-state index in [2.05, 4.69) is 10.6 Å². The molecule has 19 heavy (non-hydrogen) atoms. The lowest BCUT2D eigenvalue weighted by Crippen LogP contribution is -2.43. The molecule has 1 fully saturated rings. The molecule has 0 aliphatic heterocycles. The maximum atomic E-state index is 13.6. The second-order valence-electron chi connectivity index (χ2n) is 5.20. The largest absolute Gasteiger partial charge is 0.335 e. The Hall–Kier alpha value is -1.58. The van der Waals surface area contributed by atoms with Crippen LogP contribution in [-0.2, 0) is 0 Å². The zero-order chi connectivity index (χ0) is 13.7. The minimum atomic E-state index is -0.329. The van der Waals surface area contributed by atoms with Crippen molar-refractivity contribution < 1.29 is 9.18 Å². The fraction of sp³-hybridized carbons (Fsp3) is 0.533. The summed E-state index contributed by atoms with van der Waals surface area (Å²) in [6.45, 7) is 1.79. The molecule has 1 aliphatic rings. The van der Waals surface area contributed by atoms with Crippen molar-refractivity contribution in [3.8, 4) is 0 Å². The fourth-order valence-corrected chi connectivity index (χ4v) is 2.57. The van der Waals surface area contributed by atoms with Crippen molar-refractivity contribution >= 4 is 6.03 Å². The molecule has 2 N–H and O–H groups in total. The van der Waals surface area contributed by atoms with Crippen molar-refractivity contribution in [2.75, 3.05) is 0 Å². The number of hydrogen-bond acceptors (Lipinski definition) is 1. The van der Waals surface area contributed by atoms with Gasteiger partial charge in [-0.25, -0.2) is 9.18 Å². The molecule has 1 unspecified atom stereocenters. The summed E-state index contributed by atoms with van der Waals surface area (Å²) in [5, 5.41) is 5.76. The van der Waals surface area contributed by atoms with E-state index >= 15 is 0 Å². The van der Waals surface area contributed by atoms with Crippen LogP contribution in [-0.4, -0.2) is 12.1 Å². The van der Waals surface area contributed by atoms with Gasteiger partial charge in [0, 0.05) is 11.6 Å². The number of carbonyl (C=O) groups is 1. The van der Waals surface area contributed by atoms with Gasteiger partial charge < -0.3 is 10.6 Å². The lowest BCUT2D eigenvalue weighted by atomic mass is 9.96. The second-order valence-corrected chi connectivity index (χ2v) is 5.20. The Morgan fingerprint density at radius 1 is 1.26 bits per heavy atom. The van der Waals surface area contributed by atoms with Crippen LogP contribution in [0.25, 0.3) is 0 Å². The summed E-state index contributed by atoms with van der Waals surface area (Å²) in [7, 11) is 0. The Bertz CT molecular complexity index is 430. The van der Waals surface area contributed by atoms with E-state index in [1.807, 2.05) is 0 Å². The van der Waals surface area contributed by atoms with Crippen LogP contribution in [0, 0.1) is 5.82 Å². The molecule has 0 bridgehead atoms. The number of rotatable bonds is 3. The van der Waals surface area contributed by atoms with Crippen molar-refractivity contribution in [2.24, 2.45) is 0 Å². The molecule has 1 atom stereocenters. The Morgan fingerprint density at radius 3 is 2.63 bits per heavy atom. The number of halogens is 1. The highest BCUT2D eigenvalue weighted by Crippen LogP contribution is 2.18. The van der Waals surface area contributed by atoms with Gasteiger partial charge in [-0.05, 0) is 25.8 Å². The minimum absolute atomic E-state index is 0.206. The molecule has 1 aromatic carbocycles. The summed E-state index contributed by atoms with van der Waals surface area (Å²) in [4.78, 5) is 11.9. The van der Waals surface area contributed by atoms with E-state index in [-0.39, 0.29) is 23.9 Å². The van der Waals surface area contributed by atoms with E-state index in [1.165, 1.54) is 25.3 Å². The fourth-order valence-electron chi connectivity index (χ4n) is 2.57. The van der Waals surface area contributed by atoms with Crippen molar-refractivity contribution in [3.05, 3.63) is 35.6 Å². The van der Waals surface area contributed by atoms with Crippen molar-refractivity contribution in [2.45, 2.75) is 51.1 Å². The summed E-state index contributed by atoms with van der Waals surface area (Å²) in [6, 6.07) is 6.26. The molecular weight excluding hydrogens is 243 g/mol. The molecule has 3 nitrogen and oxygen atoms in total. The minimum Gasteiger partial charge on any atom is -0.335 e. The Morgan fingerprint density at radius 2 is 1.95 bits per heavy atom. The monoisotopic (exact) mass is 264 g/mol. The highest BCUT2D eigenvalue weighted by molar-refractivity contribution is 5.74. The maximum Gasteiger partial charge on any atom is 0.315 e. The van der Waals surface area contributed by atoms with Crippen LogP contribution in [0.1, 0.15) is 50.6 Å². The third kappa shape index (κ3) is 3.94. The second kappa shape index (κ2) is 6.55. The van der Waals surface area contributed by atoms with Gasteiger partial charge >= 0.3 is 6.03 Å². The quantitative estimate of drug-likeness (QED) is 0.861. The van der Waals surface area contributed by atoms with Crippen LogP contribution >= 0.6 is 0 Å². The normalized spacial score (nSPS) is 17.8. The van der Waals surface area contributed by atoms with Gasteiger partial charge in [-0.2, -0.15) is 0 Å². The topological polar surface area (TPSA) is 41.1 Å². The van der Waals surface area contributed by atoms with E-state index in [1.54, 1.807) is 25.1 Å². The standard InChI is InChI=1S/C15H21FN2O/c1-11(13-9-5-6-10-14(13)16)17-15(19)18-12-7-3-2-4-8-12/h5-6,9-12H,2-4,7-8H2,1H3,(H2,17,18,19). The molecule has 0 spiro atoms. The van der Waals surface area contributed by atoms with Gasteiger partial charge in [0.25, 0.3) is 0 Å². The average molecular weight is 264 g/mol. The Balaban J connectivity index is 1.86. The molecule has 1 aliphatic carbocycles. The number of hydrogen-bond donors (Lipinski definition) is 2. The van der Waals surface area contributed by atoms with Crippen molar-refractivity contribution in [1.29, 1.82) is 0 Å². The highest BCUT2D eigenvalue weighted by atomic mass is 19.1. The predicted octanol–water partition coefficient (Wildman–Crippen LogP) is 3.52. The van der Waals surface area contributed by atoms with Crippen molar-refractivity contribution in [3.63, 3.8) is 0 Å². The first-order valence-electron chi connectivity index (χ1n) is 6.98. The van der Waals surface area contributed by atoms with Crippen molar-refractivity contribution in [1.82, 2.24) is 10.6 Å². The van der Waals surface area contributed by atoms with E-state index in [9.17, 15) is 9.18 Å². The first kappa shape index (κ1) is 13.8. The first-order valence-corrected chi connectivity index (χ1v) is 6.98. The summed E-state index contributed by atoms with van der Waals surface area (Å²) >= 11 is 0. The maximum absolute atomic E-state index is 13.6. The number of urea groups is 1. The third-order valence-electron chi connectivity index (χ3n) is 3.66. The zero-order valence-electron chi connectivity index (χ0n) is 11.3. The Kier molecular flexibility index (Phi) is 4.77. The van der Waals surface area contributed by atoms with Crippen LogP contribution in [0.5, 0.6) is 0 Å². The van der Waals surface area contributed by atoms with Gasteiger partial charge in [-0.1, -0.05) is 37.5 Å². The average Bonchev–Trinajstić information content (AvgIpc) is 2.40. The number of amides is 2. The molecule has 1 saturated carbocycles. The van der Waals surface area contributed by atoms with Gasteiger partial charge in [0.1, 0.15) is 5.82 Å². The van der Waals surface area contributed by atoms with E-state index in [0.717, 1.165) is 12.8 Å². The van der Waals surface area contributed by atoms with Gasteiger partial charge in [-0.3, -0.25) is 0 Å². The SMILES string of the molecule is CC(NC(=O)NC1CCCCC1)c1ccccc1F. The summed E-state index contributed by atoms with van der Waals surface area (Å²) in [5.41, 5.74) is 0.515. The van der Waals surface area contributed by atoms with Crippen LogP contribution in [0.3, 0.4) is 0 Å². The number of benzene rings is 1. The molecule has 0 heterocycles. The molecule has 0 saturated heterocycles. The van der Waals surface area contributed by atoms with Crippen LogP contribution < -0.4 is 10.6 Å². The predicted molar refractivity (Wildman–Crippen MR) is 73.4 cm³/mol. The van der Waals surface area contributed by atoms with Gasteiger partial charge in [-0.15, -0.1) is 0 Å². The van der Waals surface area contributed by atoms with Gasteiger partial charge in [0.05, 0.1) is 6.04 Å². The molecule has 1 aromatic rings. The molecule has 104 valence electrons. The summed E-state index contributed by atoms with van der Waals surface area (Å²) in [6.07, 6.45) is 5.69. The third-order valence-corrected chi connectivity index (χ3v) is 3.66. The van der Waals surface area contributed by atoms with E-state index in [0.29, 0.717) is 5.56 Å². The lowest BCUT2D eigenvalue weighted by molar-refractivity contribution is 0.229. The number of carbonyl (C=O) groups excluding carboxylic acids is 1. The van der Waals surface area contributed by atoms with E-state index in [4.69, 9.17) is 0 Å². The summed E-state index contributed by atoms with van der Waals surface area (Å²) in [5.74, 6) is -0.284. The zero-order valence-corrected chi connectivity index (χ0v) is 11.3. The molecule has 2 amide bonds. The van der Waals surface area contributed by atoms with Gasteiger partial charge in [0.15, 0.2) is 0 Å². The highest BCUT2D eigenvalue weighted by Gasteiger charge is 2.18.